The number of rotatable bonds is 1. The number of nitrogens with one attached hydrogen (secondary N) is 1. The summed E-state index contributed by atoms with van der Waals surface area (Å²) >= 11 is 0. The van der Waals surface area contributed by atoms with E-state index in [4.69, 9.17) is 0 Å². The topological polar surface area (TPSA) is 32.9 Å². The zero-order valence-corrected chi connectivity index (χ0v) is 10.4. The number of aryl methyl sites for hydroxylation is 1. The first-order chi connectivity index (χ1) is 5.41. The van der Waals surface area contributed by atoms with E-state index in [1.54, 1.807) is 0 Å². The van der Waals surface area contributed by atoms with Gasteiger partial charge in [-0.05, 0) is 13.1 Å². The molecule has 0 saturated carbocycles. The summed E-state index contributed by atoms with van der Waals surface area (Å²) in [7, 11) is 0. The Bertz CT molecular complexity index is 348. The first-order valence-electron chi connectivity index (χ1n) is 3.30. The molecule has 1 aromatic heterocycles. The van der Waals surface area contributed by atoms with Crippen LogP contribution in [0.5, 0.6) is 0 Å². The third-order valence-electron chi connectivity index (χ3n) is 1.53. The number of hydrogen-bond acceptors (Lipinski definition) is 1. The third kappa shape index (κ3) is 3.59. The average molecular weight is 215 g/mol. The van der Waals surface area contributed by atoms with Crippen molar-refractivity contribution in [3.05, 3.63) is 28.2 Å². The molecule has 1 N–H and O–H groups in total. The van der Waals surface area contributed by atoms with Crippen molar-refractivity contribution in [2.45, 2.75) is 6.92 Å². The zero-order valence-electron chi connectivity index (χ0n) is 7.27. The van der Waals surface area contributed by atoms with Crippen LogP contribution in [0.4, 0.5) is 12.9 Å². The standard InChI is InChI=1S/C6H6BF3NO.K/c1-4-2-6(12)11-3-5(4)7(8,9)10;/h2-3H,1H3,(H,11,12);/q-1;+1. The van der Waals surface area contributed by atoms with Crippen molar-refractivity contribution < 1.29 is 64.3 Å². The van der Waals surface area contributed by atoms with Gasteiger partial charge in [-0.2, -0.15) is 0 Å². The van der Waals surface area contributed by atoms with Gasteiger partial charge in [0.05, 0.1) is 0 Å². The van der Waals surface area contributed by atoms with E-state index >= 15 is 0 Å². The molecule has 0 aromatic carbocycles. The van der Waals surface area contributed by atoms with E-state index < -0.39 is 18.0 Å². The van der Waals surface area contributed by atoms with Crippen molar-refractivity contribution >= 4 is 12.4 Å². The summed E-state index contributed by atoms with van der Waals surface area (Å²) in [6.07, 6.45) is 0.706. The van der Waals surface area contributed by atoms with Crippen LogP contribution < -0.4 is 62.4 Å². The van der Waals surface area contributed by atoms with Gasteiger partial charge in [0.15, 0.2) is 0 Å². The smallest absolute Gasteiger partial charge is 0.445 e. The molecular weight excluding hydrogens is 209 g/mol. The number of pyridine rings is 1. The Morgan fingerprint density at radius 3 is 2.31 bits per heavy atom. The molecule has 13 heavy (non-hydrogen) atoms. The molecule has 0 atom stereocenters. The fraction of sp³-hybridized carbons (Fsp3) is 0.167. The van der Waals surface area contributed by atoms with Gasteiger partial charge in [-0.1, -0.05) is 11.0 Å². The van der Waals surface area contributed by atoms with Gasteiger partial charge in [0.25, 0.3) is 0 Å². The minimum absolute atomic E-state index is 0. The Hall–Kier alpha value is 0.441. The monoisotopic (exact) mass is 215 g/mol. The van der Waals surface area contributed by atoms with Crippen LogP contribution in [0.2, 0.25) is 0 Å². The van der Waals surface area contributed by atoms with E-state index in [0.717, 1.165) is 6.07 Å². The van der Waals surface area contributed by atoms with Crippen LogP contribution in [0.25, 0.3) is 0 Å². The summed E-state index contributed by atoms with van der Waals surface area (Å²) in [5.41, 5.74) is -1.29. The van der Waals surface area contributed by atoms with E-state index in [1.807, 2.05) is 4.98 Å². The zero-order chi connectivity index (χ0) is 9.35. The van der Waals surface area contributed by atoms with Gasteiger partial charge in [-0.25, -0.2) is 0 Å². The fourth-order valence-electron chi connectivity index (χ4n) is 0.937. The predicted molar refractivity (Wildman–Crippen MR) is 40.5 cm³/mol. The normalized spacial score (nSPS) is 10.8. The first kappa shape index (κ1) is 13.4. The summed E-state index contributed by atoms with van der Waals surface area (Å²) in [6, 6.07) is 0.935. The molecule has 0 fully saturated rings. The van der Waals surface area contributed by atoms with Gasteiger partial charge in [-0.3, -0.25) is 4.79 Å². The Balaban J connectivity index is 0.00000144. The van der Waals surface area contributed by atoms with Crippen LogP contribution in [0, 0.1) is 6.92 Å². The number of aromatic amines is 1. The molecule has 0 unspecified atom stereocenters. The molecular formula is C6H6BF3KNO. The average Bonchev–Trinajstić information content (AvgIpc) is 1.83. The molecule has 0 spiro atoms. The molecule has 0 amide bonds. The number of aromatic nitrogens is 1. The van der Waals surface area contributed by atoms with Crippen molar-refractivity contribution in [1.29, 1.82) is 0 Å². The minimum Gasteiger partial charge on any atom is -0.445 e. The second kappa shape index (κ2) is 4.79. The maximum absolute atomic E-state index is 12.1. The van der Waals surface area contributed by atoms with Crippen LogP contribution in [0.1, 0.15) is 5.56 Å². The summed E-state index contributed by atoms with van der Waals surface area (Å²) in [5.74, 6) is 0. The summed E-state index contributed by atoms with van der Waals surface area (Å²) in [6.45, 7) is -3.75. The molecule has 0 saturated heterocycles. The van der Waals surface area contributed by atoms with Crippen LogP contribution in [0.15, 0.2) is 17.1 Å². The fourth-order valence-corrected chi connectivity index (χ4v) is 0.937. The maximum atomic E-state index is 12.1. The van der Waals surface area contributed by atoms with E-state index in [9.17, 15) is 17.7 Å². The van der Waals surface area contributed by atoms with Crippen LogP contribution in [-0.4, -0.2) is 12.0 Å². The Kier molecular flexibility index (Phi) is 4.95. The summed E-state index contributed by atoms with van der Waals surface area (Å²) < 4.78 is 36.4. The van der Waals surface area contributed by atoms with Crippen molar-refractivity contribution in [3.63, 3.8) is 0 Å². The second-order valence-corrected chi connectivity index (χ2v) is 2.51. The van der Waals surface area contributed by atoms with Crippen molar-refractivity contribution in [3.8, 4) is 0 Å². The maximum Gasteiger partial charge on any atom is 1.00 e. The van der Waals surface area contributed by atoms with Gasteiger partial charge in [0, 0.05) is 6.07 Å². The quantitative estimate of drug-likeness (QED) is 0.527. The molecule has 2 nitrogen and oxygen atoms in total. The molecule has 1 rings (SSSR count). The molecule has 0 radical (unpaired) electrons. The number of H-pyrrole nitrogens is 1. The predicted octanol–water partition coefficient (Wildman–Crippen LogP) is -2.26. The van der Waals surface area contributed by atoms with Crippen LogP contribution in [-0.2, 0) is 0 Å². The molecule has 66 valence electrons. The first-order valence-corrected chi connectivity index (χ1v) is 3.30. The molecule has 1 heterocycles. The summed E-state index contributed by atoms with van der Waals surface area (Å²) in [4.78, 5) is 12.5. The Morgan fingerprint density at radius 2 is 1.92 bits per heavy atom. The van der Waals surface area contributed by atoms with Gasteiger partial charge < -0.3 is 17.9 Å². The molecule has 0 bridgehead atoms. The van der Waals surface area contributed by atoms with E-state index in [-0.39, 0.29) is 56.9 Å². The van der Waals surface area contributed by atoms with Crippen molar-refractivity contribution in [2.24, 2.45) is 0 Å². The van der Waals surface area contributed by atoms with Crippen molar-refractivity contribution in [2.75, 3.05) is 0 Å². The van der Waals surface area contributed by atoms with E-state index in [0.29, 0.717) is 6.20 Å². The van der Waals surface area contributed by atoms with Crippen LogP contribution in [0.3, 0.4) is 0 Å². The molecule has 0 aliphatic rings. The van der Waals surface area contributed by atoms with E-state index in [2.05, 4.69) is 0 Å². The largest absolute Gasteiger partial charge is 1.00 e. The molecule has 1 aromatic rings. The van der Waals surface area contributed by atoms with Gasteiger partial charge >= 0.3 is 58.4 Å². The molecule has 7 heteroatoms. The Morgan fingerprint density at radius 1 is 1.38 bits per heavy atom. The Labute approximate surface area is 115 Å². The third-order valence-corrected chi connectivity index (χ3v) is 1.53. The molecule has 0 aliphatic heterocycles. The van der Waals surface area contributed by atoms with Gasteiger partial charge in [0.2, 0.25) is 5.56 Å². The summed E-state index contributed by atoms with van der Waals surface area (Å²) in [5, 5.41) is 0. The van der Waals surface area contributed by atoms with Gasteiger partial charge in [0.1, 0.15) is 0 Å². The van der Waals surface area contributed by atoms with E-state index in [1.165, 1.54) is 6.92 Å². The minimum atomic E-state index is -5.01. The molecule has 0 aliphatic carbocycles. The number of halogens is 3. The van der Waals surface area contributed by atoms with Crippen molar-refractivity contribution in [1.82, 2.24) is 4.98 Å². The number of hydrogen-bond donors (Lipinski definition) is 1. The SMILES string of the molecule is Cc1cc(=O)[nH]cc1[B-](F)(F)F.[K+]. The van der Waals surface area contributed by atoms with Gasteiger partial charge in [-0.15, -0.1) is 0 Å². The second-order valence-electron chi connectivity index (χ2n) is 2.51. The van der Waals surface area contributed by atoms with Crippen LogP contribution >= 0.6 is 0 Å².